The number of amides is 1. The number of rotatable bonds is 2. The third kappa shape index (κ3) is 3.93. The quantitative estimate of drug-likeness (QED) is 0.547. The van der Waals surface area contributed by atoms with Gasteiger partial charge in [-0.3, -0.25) is 4.79 Å². The number of nitrogens with two attached hydrogens (primary N) is 1. The van der Waals surface area contributed by atoms with E-state index in [1.165, 1.54) is 11.1 Å². The minimum absolute atomic E-state index is 0.0223. The summed E-state index contributed by atoms with van der Waals surface area (Å²) in [6.07, 6.45) is 6.78. The molecule has 0 aliphatic carbocycles. The largest absolute Gasteiger partial charge is 0.487 e. The highest BCUT2D eigenvalue weighted by Crippen LogP contribution is 2.43. The summed E-state index contributed by atoms with van der Waals surface area (Å²) in [5.41, 5.74) is 11.6. The fourth-order valence-corrected chi connectivity index (χ4v) is 6.83. The van der Waals surface area contributed by atoms with Gasteiger partial charge >= 0.3 is 0 Å². The van der Waals surface area contributed by atoms with Crippen molar-refractivity contribution in [1.29, 1.82) is 0 Å². The van der Waals surface area contributed by atoms with Crippen molar-refractivity contribution in [3.8, 4) is 5.75 Å². The van der Waals surface area contributed by atoms with Crippen LogP contribution in [0.1, 0.15) is 71.4 Å². The number of nitrogens with zero attached hydrogens (tertiary/aromatic N) is 4. The van der Waals surface area contributed by atoms with Crippen LogP contribution in [0.25, 0.3) is 10.9 Å². The number of pyridine rings is 2. The molecule has 4 aliphatic heterocycles. The predicted molar refractivity (Wildman–Crippen MR) is 145 cm³/mol. The SMILES string of the molecule is C[C@H]1CCC(c2ccc3c(c2)CC2(CCN(C)CC2)O3)N(C(=O)c2cc3c4c(c(N)nc3cn2)COC4)C1. The summed E-state index contributed by atoms with van der Waals surface area (Å²) in [5.74, 6) is 1.91. The lowest BCUT2D eigenvalue weighted by Gasteiger charge is -2.39. The van der Waals surface area contributed by atoms with Gasteiger partial charge in [0.15, 0.2) is 0 Å². The molecule has 2 saturated heterocycles. The van der Waals surface area contributed by atoms with Gasteiger partial charge < -0.3 is 25.0 Å². The van der Waals surface area contributed by atoms with Gasteiger partial charge in [0.2, 0.25) is 0 Å². The zero-order valence-corrected chi connectivity index (χ0v) is 22.2. The molecule has 8 nitrogen and oxygen atoms in total. The van der Waals surface area contributed by atoms with E-state index in [1.807, 2.05) is 11.0 Å². The van der Waals surface area contributed by atoms with Gasteiger partial charge in [0, 0.05) is 49.8 Å². The molecule has 4 aliphatic rings. The van der Waals surface area contributed by atoms with Crippen molar-refractivity contribution in [2.45, 2.75) is 63.9 Å². The van der Waals surface area contributed by atoms with Gasteiger partial charge in [-0.1, -0.05) is 13.0 Å². The Bertz CT molecular complexity index is 1430. The van der Waals surface area contributed by atoms with Crippen molar-refractivity contribution in [3.63, 3.8) is 0 Å². The molecule has 0 saturated carbocycles. The molecule has 198 valence electrons. The molecule has 7 rings (SSSR count). The van der Waals surface area contributed by atoms with Crippen LogP contribution < -0.4 is 10.5 Å². The third-order valence-electron chi connectivity index (χ3n) is 9.12. The van der Waals surface area contributed by atoms with Gasteiger partial charge in [0.05, 0.1) is 31.0 Å². The van der Waals surface area contributed by atoms with Crippen molar-refractivity contribution in [2.24, 2.45) is 5.92 Å². The van der Waals surface area contributed by atoms with E-state index in [4.69, 9.17) is 15.2 Å². The van der Waals surface area contributed by atoms with E-state index in [9.17, 15) is 4.79 Å². The number of nitrogen functional groups attached to an aromatic ring is 1. The predicted octanol–water partition coefficient (Wildman–Crippen LogP) is 4.25. The second kappa shape index (κ2) is 8.92. The van der Waals surface area contributed by atoms with Crippen molar-refractivity contribution in [2.75, 3.05) is 32.4 Å². The third-order valence-corrected chi connectivity index (χ3v) is 9.12. The number of hydrogen-bond donors (Lipinski definition) is 1. The summed E-state index contributed by atoms with van der Waals surface area (Å²) in [5, 5.41) is 0.907. The fraction of sp³-hybridized carbons (Fsp3) is 0.500. The number of carbonyl (C=O) groups excluding carboxylic acids is 1. The highest BCUT2D eigenvalue weighted by molar-refractivity contribution is 5.97. The number of likely N-dealkylation sites (tertiary alicyclic amines) is 2. The first-order valence-electron chi connectivity index (χ1n) is 13.9. The molecule has 0 bridgehead atoms. The molecule has 2 fully saturated rings. The van der Waals surface area contributed by atoms with Crippen LogP contribution in [0.3, 0.4) is 0 Å². The van der Waals surface area contributed by atoms with Crippen LogP contribution in [0.4, 0.5) is 5.82 Å². The van der Waals surface area contributed by atoms with Crippen LogP contribution in [0.2, 0.25) is 0 Å². The Labute approximate surface area is 223 Å². The normalized spacial score (nSPS) is 24.4. The Morgan fingerprint density at radius 2 is 1.95 bits per heavy atom. The Morgan fingerprint density at radius 3 is 2.79 bits per heavy atom. The average molecular weight is 514 g/mol. The molecule has 8 heteroatoms. The van der Waals surface area contributed by atoms with Gasteiger partial charge in [-0.05, 0) is 60.7 Å². The number of piperidine rings is 2. The van der Waals surface area contributed by atoms with E-state index >= 15 is 0 Å². The van der Waals surface area contributed by atoms with Gasteiger partial charge in [0.1, 0.15) is 22.9 Å². The molecule has 38 heavy (non-hydrogen) atoms. The van der Waals surface area contributed by atoms with E-state index in [1.54, 1.807) is 6.20 Å². The van der Waals surface area contributed by atoms with Crippen LogP contribution in [0, 0.1) is 5.92 Å². The van der Waals surface area contributed by atoms with Crippen molar-refractivity contribution >= 4 is 22.6 Å². The number of benzene rings is 1. The minimum Gasteiger partial charge on any atom is -0.487 e. The molecule has 2 aromatic heterocycles. The van der Waals surface area contributed by atoms with E-state index in [0.29, 0.717) is 42.7 Å². The maximum absolute atomic E-state index is 14.0. The molecule has 1 amide bonds. The number of anilines is 1. The lowest BCUT2D eigenvalue weighted by atomic mass is 9.85. The zero-order valence-electron chi connectivity index (χ0n) is 22.2. The zero-order chi connectivity index (χ0) is 26.0. The number of ether oxygens (including phenoxy) is 2. The number of aromatic nitrogens is 2. The lowest BCUT2D eigenvalue weighted by Crippen LogP contribution is -2.45. The van der Waals surface area contributed by atoms with Gasteiger partial charge in [-0.25, -0.2) is 9.97 Å². The molecule has 1 spiro atoms. The highest BCUT2D eigenvalue weighted by atomic mass is 16.5. The van der Waals surface area contributed by atoms with Crippen LogP contribution in [0.5, 0.6) is 5.75 Å². The Kier molecular flexibility index (Phi) is 5.60. The first kappa shape index (κ1) is 23.9. The Hall–Kier alpha value is -3.23. The molecular weight excluding hydrogens is 478 g/mol. The standard InChI is InChI=1S/C30H35N5O3/c1-18-3-5-26(19-4-6-27-20(11-19)13-30(38-27)7-9-34(2)10-8-30)35(15-18)29(36)24-12-21-22-16-37-17-23(22)28(31)33-25(21)14-32-24/h4,6,11-12,14,18,26H,3,5,7-10,13,15-17H2,1-2H3,(H2,31,33)/t18-,26?/m0/s1. The summed E-state index contributed by atoms with van der Waals surface area (Å²) in [7, 11) is 2.18. The summed E-state index contributed by atoms with van der Waals surface area (Å²) < 4.78 is 12.2. The van der Waals surface area contributed by atoms with Gasteiger partial charge in [-0.2, -0.15) is 0 Å². The van der Waals surface area contributed by atoms with E-state index in [2.05, 4.69) is 47.0 Å². The van der Waals surface area contributed by atoms with Crippen LogP contribution in [0.15, 0.2) is 30.5 Å². The highest BCUT2D eigenvalue weighted by Gasteiger charge is 2.42. The Morgan fingerprint density at radius 1 is 1.13 bits per heavy atom. The van der Waals surface area contributed by atoms with Crippen LogP contribution in [-0.2, 0) is 24.4 Å². The molecule has 1 unspecified atom stereocenters. The molecule has 2 N–H and O–H groups in total. The number of fused-ring (bicyclic) bond motifs is 4. The molecule has 3 aromatic rings. The molecule has 1 aromatic carbocycles. The molecular formula is C30H35N5O3. The fourth-order valence-electron chi connectivity index (χ4n) is 6.83. The summed E-state index contributed by atoms with van der Waals surface area (Å²) in [6, 6.07) is 8.50. The topological polar surface area (TPSA) is 93.8 Å². The number of hydrogen-bond acceptors (Lipinski definition) is 7. The monoisotopic (exact) mass is 513 g/mol. The second-order valence-corrected chi connectivity index (χ2v) is 11.8. The number of carbonyl (C=O) groups is 1. The summed E-state index contributed by atoms with van der Waals surface area (Å²) >= 11 is 0. The smallest absolute Gasteiger partial charge is 0.272 e. The summed E-state index contributed by atoms with van der Waals surface area (Å²) in [6.45, 7) is 6.02. The van der Waals surface area contributed by atoms with Crippen molar-refractivity contribution < 1.29 is 14.3 Å². The molecule has 0 radical (unpaired) electrons. The van der Waals surface area contributed by atoms with Gasteiger partial charge in [-0.15, -0.1) is 0 Å². The summed E-state index contributed by atoms with van der Waals surface area (Å²) in [4.78, 5) is 27.5. The van der Waals surface area contributed by atoms with Crippen molar-refractivity contribution in [3.05, 3.63) is 58.4 Å². The van der Waals surface area contributed by atoms with Gasteiger partial charge in [0.25, 0.3) is 5.91 Å². The van der Waals surface area contributed by atoms with E-state index < -0.39 is 0 Å². The maximum atomic E-state index is 14.0. The van der Waals surface area contributed by atoms with E-state index in [-0.39, 0.29) is 17.6 Å². The van der Waals surface area contributed by atoms with Crippen molar-refractivity contribution in [1.82, 2.24) is 19.8 Å². The average Bonchev–Trinajstić information content (AvgIpc) is 3.55. The van der Waals surface area contributed by atoms with E-state index in [0.717, 1.165) is 67.5 Å². The minimum atomic E-state index is -0.0690. The maximum Gasteiger partial charge on any atom is 0.272 e. The van der Waals surface area contributed by atoms with Crippen LogP contribution >= 0.6 is 0 Å². The molecule has 2 atom stereocenters. The first-order chi connectivity index (χ1) is 18.4. The first-order valence-corrected chi connectivity index (χ1v) is 13.9. The second-order valence-electron chi connectivity index (χ2n) is 11.8. The Balaban J connectivity index is 1.19. The lowest BCUT2D eigenvalue weighted by molar-refractivity contribution is 0.0271. The molecule has 6 heterocycles. The van der Waals surface area contributed by atoms with Crippen LogP contribution in [-0.4, -0.2) is 58.0 Å².